The van der Waals surface area contributed by atoms with Crippen molar-refractivity contribution >= 4 is 34.7 Å². The zero-order valence-corrected chi connectivity index (χ0v) is 16.7. The first-order valence-corrected chi connectivity index (χ1v) is 9.84. The van der Waals surface area contributed by atoms with Gasteiger partial charge < -0.3 is 14.6 Å². The number of carbonyl (C=O) groups excluding carboxylic acids is 2. The molecule has 0 saturated carbocycles. The molecule has 0 aliphatic heterocycles. The van der Waals surface area contributed by atoms with Crippen LogP contribution in [-0.4, -0.2) is 40.8 Å². The number of esters is 1. The number of nitrogens with zero attached hydrogens (tertiary/aromatic N) is 2. The number of alkyl halides is 3. The number of methoxy groups -OCH3 is 1. The van der Waals surface area contributed by atoms with Crippen molar-refractivity contribution in [3.05, 3.63) is 59.7 Å². The maximum Gasteiger partial charge on any atom is 0.416 e. The highest BCUT2D eigenvalue weighted by Gasteiger charge is 2.31. The van der Waals surface area contributed by atoms with Crippen molar-refractivity contribution in [3.63, 3.8) is 0 Å². The van der Waals surface area contributed by atoms with E-state index < -0.39 is 23.6 Å². The van der Waals surface area contributed by atoms with E-state index in [9.17, 15) is 22.8 Å². The fourth-order valence-corrected chi connectivity index (χ4v) is 3.58. The number of halogens is 3. The summed E-state index contributed by atoms with van der Waals surface area (Å²) in [5, 5.41) is 2.82. The molecule has 0 spiro atoms. The van der Waals surface area contributed by atoms with Crippen molar-refractivity contribution in [2.45, 2.75) is 17.9 Å². The maximum atomic E-state index is 13.1. The number of amides is 1. The lowest BCUT2D eigenvalue weighted by molar-refractivity contribution is -0.141. The molecule has 1 N–H and O–H groups in total. The Morgan fingerprint density at radius 1 is 1.17 bits per heavy atom. The number of aromatic nitrogens is 2. The average Bonchev–Trinajstić information content (AvgIpc) is 3.07. The van der Waals surface area contributed by atoms with E-state index in [1.807, 2.05) is 30.3 Å². The lowest BCUT2D eigenvalue weighted by Crippen LogP contribution is -2.31. The zero-order valence-electron chi connectivity index (χ0n) is 15.9. The number of hydrogen-bond donors (Lipinski definition) is 1. The van der Waals surface area contributed by atoms with Gasteiger partial charge in [-0.3, -0.25) is 9.59 Å². The highest BCUT2D eigenvalue weighted by molar-refractivity contribution is 7.99. The minimum Gasteiger partial charge on any atom is -0.468 e. The highest BCUT2D eigenvalue weighted by atomic mass is 32.2. The number of carbonyl (C=O) groups is 2. The van der Waals surface area contributed by atoms with Crippen LogP contribution in [0.4, 0.5) is 13.2 Å². The lowest BCUT2D eigenvalue weighted by atomic mass is 10.2. The van der Waals surface area contributed by atoms with E-state index in [-0.39, 0.29) is 17.8 Å². The molecule has 2 aromatic carbocycles. The number of benzene rings is 2. The van der Waals surface area contributed by atoms with Crippen LogP contribution in [0.25, 0.3) is 11.0 Å². The van der Waals surface area contributed by atoms with E-state index in [0.717, 1.165) is 29.5 Å². The number of thioether (sulfide) groups is 1. The molecule has 1 heterocycles. The van der Waals surface area contributed by atoms with E-state index in [2.05, 4.69) is 15.0 Å². The van der Waals surface area contributed by atoms with Crippen molar-refractivity contribution in [1.29, 1.82) is 0 Å². The van der Waals surface area contributed by atoms with Crippen molar-refractivity contribution in [2.24, 2.45) is 0 Å². The van der Waals surface area contributed by atoms with Gasteiger partial charge in [0.1, 0.15) is 6.54 Å². The van der Waals surface area contributed by atoms with E-state index >= 15 is 0 Å². The number of imidazole rings is 1. The van der Waals surface area contributed by atoms with Gasteiger partial charge >= 0.3 is 12.1 Å². The fraction of sp³-hybridized carbons (Fsp3) is 0.250. The highest BCUT2D eigenvalue weighted by Crippen LogP contribution is 2.33. The zero-order chi connectivity index (χ0) is 21.7. The Hall–Kier alpha value is -3.01. The van der Waals surface area contributed by atoms with Crippen LogP contribution < -0.4 is 5.32 Å². The lowest BCUT2D eigenvalue weighted by Gasteiger charge is -2.10. The topological polar surface area (TPSA) is 73.2 Å². The van der Waals surface area contributed by atoms with Gasteiger partial charge in [0, 0.05) is 0 Å². The van der Waals surface area contributed by atoms with Gasteiger partial charge in [-0.2, -0.15) is 13.2 Å². The average molecular weight is 437 g/mol. The Balaban J connectivity index is 1.87. The molecule has 0 unspecified atom stereocenters. The van der Waals surface area contributed by atoms with E-state index in [0.29, 0.717) is 17.2 Å². The number of hydrogen-bond acceptors (Lipinski definition) is 5. The van der Waals surface area contributed by atoms with Crippen LogP contribution in [-0.2, 0) is 27.0 Å². The van der Waals surface area contributed by atoms with E-state index in [1.54, 1.807) is 4.57 Å². The SMILES string of the molecule is COC(=O)CNC(=O)CSc1nc2cc(C(F)(F)F)ccc2n1Cc1ccccc1. The van der Waals surface area contributed by atoms with E-state index in [4.69, 9.17) is 0 Å². The van der Waals surface area contributed by atoms with Crippen LogP contribution in [0.5, 0.6) is 0 Å². The second-order valence-electron chi connectivity index (χ2n) is 6.31. The molecule has 3 aromatic rings. The molecule has 1 aromatic heterocycles. The molecule has 1 amide bonds. The Bertz CT molecular complexity index is 1050. The molecule has 0 aliphatic rings. The third-order valence-electron chi connectivity index (χ3n) is 4.21. The Kier molecular flexibility index (Phi) is 6.66. The third-order valence-corrected chi connectivity index (χ3v) is 5.19. The van der Waals surface area contributed by atoms with Crippen LogP contribution in [0.1, 0.15) is 11.1 Å². The molecular weight excluding hydrogens is 419 g/mol. The molecule has 0 fully saturated rings. The van der Waals surface area contributed by atoms with Gasteiger partial charge in [-0.25, -0.2) is 4.98 Å². The maximum absolute atomic E-state index is 13.1. The van der Waals surface area contributed by atoms with Crippen LogP contribution in [0.2, 0.25) is 0 Å². The summed E-state index contributed by atoms with van der Waals surface area (Å²) in [6.07, 6.45) is -4.47. The molecule has 30 heavy (non-hydrogen) atoms. The van der Waals surface area contributed by atoms with Crippen molar-refractivity contribution in [1.82, 2.24) is 14.9 Å². The summed E-state index contributed by atoms with van der Waals surface area (Å²) in [5.41, 5.74) is 0.878. The fourth-order valence-electron chi connectivity index (χ4n) is 2.74. The smallest absolute Gasteiger partial charge is 0.416 e. The summed E-state index contributed by atoms with van der Waals surface area (Å²) in [7, 11) is 1.21. The van der Waals surface area contributed by atoms with Gasteiger partial charge in [0.2, 0.25) is 5.91 Å². The first kappa shape index (κ1) is 21.7. The van der Waals surface area contributed by atoms with Crippen LogP contribution in [0.15, 0.2) is 53.7 Å². The predicted molar refractivity (Wildman–Crippen MR) is 106 cm³/mol. The monoisotopic (exact) mass is 437 g/mol. The predicted octanol–water partition coefficient (Wildman–Crippen LogP) is 3.48. The second kappa shape index (κ2) is 9.21. The normalized spacial score (nSPS) is 11.5. The number of ether oxygens (including phenoxy) is 1. The molecule has 0 bridgehead atoms. The molecular formula is C20H18F3N3O3S. The summed E-state index contributed by atoms with van der Waals surface area (Å²) in [4.78, 5) is 27.4. The van der Waals surface area contributed by atoms with Gasteiger partial charge in [-0.1, -0.05) is 42.1 Å². The summed E-state index contributed by atoms with van der Waals surface area (Å²) in [6.45, 7) is 0.125. The van der Waals surface area contributed by atoms with Gasteiger partial charge in [0.05, 0.1) is 36.0 Å². The first-order chi connectivity index (χ1) is 14.3. The van der Waals surface area contributed by atoms with E-state index in [1.165, 1.54) is 13.2 Å². The summed E-state index contributed by atoms with van der Waals surface area (Å²) >= 11 is 1.08. The summed E-state index contributed by atoms with van der Waals surface area (Å²) in [6, 6.07) is 12.8. The molecule has 158 valence electrons. The van der Waals surface area contributed by atoms with Crippen molar-refractivity contribution in [3.8, 4) is 0 Å². The molecule has 0 atom stereocenters. The molecule has 0 radical (unpaired) electrons. The van der Waals surface area contributed by atoms with Crippen LogP contribution in [0.3, 0.4) is 0 Å². The molecule has 0 saturated heterocycles. The molecule has 10 heteroatoms. The van der Waals surface area contributed by atoms with Gasteiger partial charge in [0.15, 0.2) is 5.16 Å². The van der Waals surface area contributed by atoms with Gasteiger partial charge in [0.25, 0.3) is 0 Å². The number of fused-ring (bicyclic) bond motifs is 1. The molecule has 3 rings (SSSR count). The minimum absolute atomic E-state index is 0.0543. The minimum atomic E-state index is -4.47. The summed E-state index contributed by atoms with van der Waals surface area (Å²) in [5.74, 6) is -1.05. The van der Waals surface area contributed by atoms with Gasteiger partial charge in [-0.05, 0) is 23.8 Å². The number of rotatable bonds is 7. The Morgan fingerprint density at radius 3 is 2.57 bits per heavy atom. The van der Waals surface area contributed by atoms with Crippen LogP contribution >= 0.6 is 11.8 Å². The number of nitrogens with one attached hydrogen (secondary N) is 1. The Labute approximate surface area is 174 Å². The largest absolute Gasteiger partial charge is 0.468 e. The van der Waals surface area contributed by atoms with Gasteiger partial charge in [-0.15, -0.1) is 0 Å². The van der Waals surface area contributed by atoms with Crippen molar-refractivity contribution in [2.75, 3.05) is 19.4 Å². The molecule has 0 aliphatic carbocycles. The Morgan fingerprint density at radius 2 is 1.90 bits per heavy atom. The standard InChI is InChI=1S/C20H18F3N3O3S/c1-29-18(28)10-24-17(27)12-30-19-25-15-9-14(20(21,22)23)7-8-16(15)26(19)11-13-5-3-2-4-6-13/h2-9H,10-12H2,1H3,(H,24,27). The van der Waals surface area contributed by atoms with Crippen LogP contribution in [0, 0.1) is 0 Å². The third kappa shape index (κ3) is 5.32. The van der Waals surface area contributed by atoms with Crippen molar-refractivity contribution < 1.29 is 27.5 Å². The second-order valence-corrected chi connectivity index (χ2v) is 7.25. The first-order valence-electron chi connectivity index (χ1n) is 8.85. The summed E-state index contributed by atoms with van der Waals surface area (Å²) < 4.78 is 45.4. The molecule has 6 nitrogen and oxygen atoms in total. The quantitative estimate of drug-likeness (QED) is 0.453.